The van der Waals surface area contributed by atoms with Gasteiger partial charge >= 0.3 is 0 Å². The maximum atomic E-state index is 5.63. The summed E-state index contributed by atoms with van der Waals surface area (Å²) in [5.74, 6) is 1.88. The Bertz CT molecular complexity index is 755. The second-order valence-corrected chi connectivity index (χ2v) is 6.89. The van der Waals surface area contributed by atoms with E-state index in [-0.39, 0.29) is 30.1 Å². The lowest BCUT2D eigenvalue weighted by atomic mass is 10.2. The molecule has 1 unspecified atom stereocenters. The van der Waals surface area contributed by atoms with E-state index in [0.717, 1.165) is 38.0 Å². The number of guanidine groups is 1. The minimum absolute atomic E-state index is 0. The molecule has 0 spiro atoms. The first-order valence-electron chi connectivity index (χ1n) is 9.43. The van der Waals surface area contributed by atoms with Crippen LogP contribution >= 0.6 is 24.0 Å². The van der Waals surface area contributed by atoms with Gasteiger partial charge in [0.25, 0.3) is 0 Å². The summed E-state index contributed by atoms with van der Waals surface area (Å²) in [5, 5.41) is 3.45. The van der Waals surface area contributed by atoms with Gasteiger partial charge in [-0.15, -0.1) is 24.0 Å². The van der Waals surface area contributed by atoms with E-state index in [0.29, 0.717) is 6.54 Å². The van der Waals surface area contributed by atoms with Crippen molar-refractivity contribution in [3.8, 4) is 0 Å². The average Bonchev–Trinajstić information content (AvgIpc) is 2.69. The lowest BCUT2D eigenvalue weighted by Crippen LogP contribution is -2.41. The number of halogens is 1. The van der Waals surface area contributed by atoms with Crippen LogP contribution in [-0.2, 0) is 17.8 Å². The summed E-state index contributed by atoms with van der Waals surface area (Å²) in [4.78, 5) is 13.4. The van der Waals surface area contributed by atoms with Gasteiger partial charge in [-0.05, 0) is 30.2 Å². The minimum Gasteiger partial charge on any atom is -0.375 e. The second kappa shape index (κ2) is 11.2. The summed E-state index contributed by atoms with van der Waals surface area (Å²) >= 11 is 0. The molecular weight excluding hydrogens is 465 g/mol. The van der Waals surface area contributed by atoms with E-state index in [2.05, 4.69) is 69.4 Å². The molecule has 28 heavy (non-hydrogen) atoms. The van der Waals surface area contributed by atoms with Gasteiger partial charge < -0.3 is 19.9 Å². The highest BCUT2D eigenvalue weighted by atomic mass is 127. The maximum absolute atomic E-state index is 5.63. The van der Waals surface area contributed by atoms with Crippen LogP contribution in [0, 0.1) is 0 Å². The van der Waals surface area contributed by atoms with Crippen LogP contribution in [0.5, 0.6) is 0 Å². The van der Waals surface area contributed by atoms with Gasteiger partial charge in [0.2, 0.25) is 0 Å². The molecule has 3 rings (SSSR count). The molecule has 2 aromatic rings. The van der Waals surface area contributed by atoms with Gasteiger partial charge in [0, 0.05) is 46.5 Å². The minimum atomic E-state index is 0. The Morgan fingerprint density at radius 3 is 2.79 bits per heavy atom. The zero-order chi connectivity index (χ0) is 19.1. The van der Waals surface area contributed by atoms with Crippen LogP contribution in [0.25, 0.3) is 0 Å². The molecule has 1 aromatic carbocycles. The van der Waals surface area contributed by atoms with Crippen LogP contribution in [0.15, 0.2) is 53.7 Å². The van der Waals surface area contributed by atoms with Crippen LogP contribution in [0.1, 0.15) is 18.1 Å². The first-order chi connectivity index (χ1) is 13.2. The van der Waals surface area contributed by atoms with Crippen molar-refractivity contribution in [3.63, 3.8) is 0 Å². The molecule has 1 N–H and O–H groups in total. The first-order valence-corrected chi connectivity index (χ1v) is 9.43. The summed E-state index contributed by atoms with van der Waals surface area (Å²) < 4.78 is 5.63. The van der Waals surface area contributed by atoms with E-state index in [4.69, 9.17) is 4.74 Å². The molecule has 7 heteroatoms. The third-order valence-electron chi connectivity index (χ3n) is 4.66. The molecule has 6 nitrogen and oxygen atoms in total. The fourth-order valence-electron chi connectivity index (χ4n) is 3.27. The molecule has 1 aliphatic heterocycles. The molecule has 1 saturated heterocycles. The van der Waals surface area contributed by atoms with E-state index in [9.17, 15) is 0 Å². The molecule has 1 aliphatic rings. The number of morpholine rings is 1. The summed E-state index contributed by atoms with van der Waals surface area (Å²) in [7, 11) is 3.87. The number of benzene rings is 1. The Morgan fingerprint density at radius 1 is 1.29 bits per heavy atom. The van der Waals surface area contributed by atoms with E-state index < -0.39 is 0 Å². The number of hydrogen-bond acceptors (Lipinski definition) is 4. The molecule has 1 fully saturated rings. The number of hydrogen-bond donors (Lipinski definition) is 1. The Balaban J connectivity index is 0.00000280. The number of ether oxygens (including phenoxy) is 1. The van der Waals surface area contributed by atoms with Gasteiger partial charge in [0.1, 0.15) is 5.82 Å². The van der Waals surface area contributed by atoms with Crippen molar-refractivity contribution in [2.75, 3.05) is 38.7 Å². The lowest BCUT2D eigenvalue weighted by molar-refractivity contribution is 0.0529. The van der Waals surface area contributed by atoms with Gasteiger partial charge in [0.05, 0.1) is 12.7 Å². The zero-order valence-corrected chi connectivity index (χ0v) is 19.2. The summed E-state index contributed by atoms with van der Waals surface area (Å²) in [6.45, 7) is 6.14. The Hall–Kier alpha value is -1.87. The number of pyridine rings is 1. The molecule has 1 aromatic heterocycles. The van der Waals surface area contributed by atoms with Crippen molar-refractivity contribution in [1.29, 1.82) is 0 Å². The third-order valence-corrected chi connectivity index (χ3v) is 4.66. The van der Waals surface area contributed by atoms with Gasteiger partial charge in [-0.3, -0.25) is 4.99 Å². The van der Waals surface area contributed by atoms with Gasteiger partial charge in [-0.1, -0.05) is 30.3 Å². The van der Waals surface area contributed by atoms with Crippen molar-refractivity contribution in [1.82, 2.24) is 15.2 Å². The molecular formula is C21H30IN5O. The summed E-state index contributed by atoms with van der Waals surface area (Å²) in [6.07, 6.45) is 2.12. The summed E-state index contributed by atoms with van der Waals surface area (Å²) in [5.41, 5.74) is 2.45. The number of anilines is 1. The molecule has 0 aliphatic carbocycles. The number of aromatic nitrogens is 1. The number of aliphatic imine (C=N–C) groups is 1. The van der Waals surface area contributed by atoms with Crippen LogP contribution in [0.4, 0.5) is 5.82 Å². The monoisotopic (exact) mass is 495 g/mol. The molecule has 0 bridgehead atoms. The quantitative estimate of drug-likeness (QED) is 0.393. The number of nitrogens with zero attached hydrogens (tertiary/aromatic N) is 4. The van der Waals surface area contributed by atoms with Gasteiger partial charge in [-0.25, -0.2) is 4.98 Å². The highest BCUT2D eigenvalue weighted by Crippen LogP contribution is 2.16. The Kier molecular flexibility index (Phi) is 8.98. The highest BCUT2D eigenvalue weighted by Gasteiger charge is 2.18. The zero-order valence-electron chi connectivity index (χ0n) is 16.8. The molecule has 0 radical (unpaired) electrons. The van der Waals surface area contributed by atoms with Crippen LogP contribution in [0.3, 0.4) is 0 Å². The molecule has 0 amide bonds. The topological polar surface area (TPSA) is 53.0 Å². The maximum Gasteiger partial charge on any atom is 0.193 e. The molecule has 152 valence electrons. The Morgan fingerprint density at radius 2 is 2.07 bits per heavy atom. The third kappa shape index (κ3) is 6.34. The first kappa shape index (κ1) is 22.4. The van der Waals surface area contributed by atoms with Crippen molar-refractivity contribution >= 4 is 35.8 Å². The smallest absolute Gasteiger partial charge is 0.193 e. The van der Waals surface area contributed by atoms with E-state index in [1.165, 1.54) is 11.1 Å². The standard InChI is InChI=1S/C21H29N5O.HI/c1-17-15-26(11-12-27-17)20-13-19(9-10-23-20)14-24-21(22-2)25(3)16-18-7-5-4-6-8-18;/h4-10,13,17H,11-12,14-16H2,1-3H3,(H,22,24);1H. The van der Waals surface area contributed by atoms with Crippen molar-refractivity contribution in [2.24, 2.45) is 4.99 Å². The van der Waals surface area contributed by atoms with Gasteiger partial charge in [0.15, 0.2) is 5.96 Å². The van der Waals surface area contributed by atoms with Crippen LogP contribution < -0.4 is 10.2 Å². The molecule has 2 heterocycles. The number of rotatable bonds is 5. The molecule has 0 saturated carbocycles. The average molecular weight is 495 g/mol. The normalized spacial score (nSPS) is 17.0. The largest absolute Gasteiger partial charge is 0.375 e. The fraction of sp³-hybridized carbons (Fsp3) is 0.429. The Labute approximate surface area is 185 Å². The van der Waals surface area contributed by atoms with E-state index in [1.54, 1.807) is 0 Å². The second-order valence-electron chi connectivity index (χ2n) is 6.89. The van der Waals surface area contributed by atoms with Crippen molar-refractivity contribution in [3.05, 3.63) is 59.8 Å². The van der Waals surface area contributed by atoms with Gasteiger partial charge in [-0.2, -0.15) is 0 Å². The van der Waals surface area contributed by atoms with E-state index >= 15 is 0 Å². The predicted molar refractivity (Wildman–Crippen MR) is 125 cm³/mol. The van der Waals surface area contributed by atoms with Crippen LogP contribution in [-0.4, -0.2) is 55.7 Å². The highest BCUT2D eigenvalue weighted by molar-refractivity contribution is 14.0. The van der Waals surface area contributed by atoms with Crippen molar-refractivity contribution in [2.45, 2.75) is 26.1 Å². The predicted octanol–water partition coefficient (Wildman–Crippen LogP) is 3.13. The van der Waals surface area contributed by atoms with Crippen molar-refractivity contribution < 1.29 is 4.74 Å². The van der Waals surface area contributed by atoms with E-state index in [1.807, 2.05) is 25.4 Å². The van der Waals surface area contributed by atoms with Crippen LogP contribution in [0.2, 0.25) is 0 Å². The summed E-state index contributed by atoms with van der Waals surface area (Å²) in [6, 6.07) is 14.6. The fourth-order valence-corrected chi connectivity index (χ4v) is 3.27. The SMILES string of the molecule is CN=C(NCc1ccnc(N2CCOC(C)C2)c1)N(C)Cc1ccccc1.I. The lowest BCUT2D eigenvalue weighted by Gasteiger charge is -2.32. The molecule has 1 atom stereocenters. The number of nitrogens with one attached hydrogen (secondary N) is 1.